The molecule has 1 heterocycles. The van der Waals surface area contributed by atoms with Crippen molar-refractivity contribution in [2.75, 3.05) is 17.7 Å². The van der Waals surface area contributed by atoms with Crippen LogP contribution in [0.15, 0.2) is 16.5 Å². The Balaban J connectivity index is 2.31. The summed E-state index contributed by atoms with van der Waals surface area (Å²) in [6.45, 7) is 1.53. The molecule has 7 nitrogen and oxygen atoms in total. The quantitative estimate of drug-likeness (QED) is 0.880. The molecule has 0 aliphatic carbocycles. The van der Waals surface area contributed by atoms with Gasteiger partial charge in [-0.1, -0.05) is 16.7 Å². The van der Waals surface area contributed by atoms with Gasteiger partial charge in [-0.2, -0.15) is 0 Å². The van der Waals surface area contributed by atoms with Crippen LogP contribution in [0.25, 0.3) is 0 Å². The van der Waals surface area contributed by atoms with Crippen molar-refractivity contribution in [3.05, 3.63) is 28.6 Å². The zero-order chi connectivity index (χ0) is 17.2. The molecular weight excluding hydrogens is 341 g/mol. The van der Waals surface area contributed by atoms with E-state index in [1.165, 1.54) is 14.0 Å². The lowest BCUT2D eigenvalue weighted by molar-refractivity contribution is -0.274. The highest BCUT2D eigenvalue weighted by molar-refractivity contribution is 6.37. The molecule has 0 aliphatic heterocycles. The van der Waals surface area contributed by atoms with Gasteiger partial charge in [0.25, 0.3) is 5.91 Å². The van der Waals surface area contributed by atoms with Gasteiger partial charge in [0.05, 0.1) is 16.3 Å². The number of benzene rings is 1. The zero-order valence-electron chi connectivity index (χ0n) is 11.8. The summed E-state index contributed by atoms with van der Waals surface area (Å²) in [7, 11) is 1.34. The Morgan fingerprint density at radius 1 is 1.35 bits per heavy atom. The van der Waals surface area contributed by atoms with E-state index in [4.69, 9.17) is 16.0 Å². The van der Waals surface area contributed by atoms with E-state index >= 15 is 0 Å². The fraction of sp³-hybridized carbons (Fsp3) is 0.250. The molecule has 0 bridgehead atoms. The van der Waals surface area contributed by atoms with Crippen LogP contribution in [0.4, 0.5) is 24.9 Å². The van der Waals surface area contributed by atoms with Crippen molar-refractivity contribution in [3.8, 4) is 5.75 Å². The Labute approximate surface area is 132 Å². The van der Waals surface area contributed by atoms with Crippen LogP contribution in [-0.4, -0.2) is 29.5 Å². The number of carbonyl (C=O) groups excluding carboxylic acids is 1. The van der Waals surface area contributed by atoms with Crippen LogP contribution in [0.2, 0.25) is 5.02 Å². The van der Waals surface area contributed by atoms with Crippen LogP contribution < -0.4 is 15.4 Å². The number of amides is 1. The first kappa shape index (κ1) is 16.9. The summed E-state index contributed by atoms with van der Waals surface area (Å²) >= 11 is 5.97. The predicted octanol–water partition coefficient (Wildman–Crippen LogP) is 3.22. The normalized spacial score (nSPS) is 11.2. The molecule has 0 radical (unpaired) electrons. The lowest BCUT2D eigenvalue weighted by atomic mass is 10.1. The Morgan fingerprint density at radius 3 is 2.57 bits per heavy atom. The third-order valence-corrected chi connectivity index (χ3v) is 2.96. The van der Waals surface area contributed by atoms with E-state index in [0.29, 0.717) is 0 Å². The number of hydrogen-bond acceptors (Lipinski definition) is 6. The fourth-order valence-electron chi connectivity index (χ4n) is 1.69. The average Bonchev–Trinajstić information content (AvgIpc) is 2.82. The lowest BCUT2D eigenvalue weighted by Crippen LogP contribution is -2.19. The second-order valence-corrected chi connectivity index (χ2v) is 4.56. The monoisotopic (exact) mass is 350 g/mol. The van der Waals surface area contributed by atoms with Gasteiger partial charge in [0.1, 0.15) is 0 Å². The maximum atomic E-state index is 12.3. The number of anilines is 2. The summed E-state index contributed by atoms with van der Waals surface area (Å²) in [5, 5.41) is 11.6. The molecule has 0 saturated heterocycles. The molecular formula is C12H10ClF3N4O3. The smallest absolute Gasteiger partial charge is 0.408 e. The van der Waals surface area contributed by atoms with E-state index in [2.05, 4.69) is 25.6 Å². The van der Waals surface area contributed by atoms with Gasteiger partial charge in [0.15, 0.2) is 5.75 Å². The highest BCUT2D eigenvalue weighted by Crippen LogP contribution is 2.38. The molecule has 0 unspecified atom stereocenters. The fourth-order valence-corrected chi connectivity index (χ4v) is 2.02. The number of rotatable bonds is 4. The number of halogens is 4. The van der Waals surface area contributed by atoms with Crippen LogP contribution >= 0.6 is 11.6 Å². The minimum atomic E-state index is -4.89. The van der Waals surface area contributed by atoms with Crippen LogP contribution in [-0.2, 0) is 0 Å². The molecule has 1 aromatic heterocycles. The van der Waals surface area contributed by atoms with Crippen LogP contribution in [0, 0.1) is 6.92 Å². The summed E-state index contributed by atoms with van der Waals surface area (Å²) in [4.78, 5) is 12.1. The molecule has 0 spiro atoms. The van der Waals surface area contributed by atoms with Crippen molar-refractivity contribution in [2.45, 2.75) is 13.3 Å². The Morgan fingerprint density at radius 2 is 2.04 bits per heavy atom. The van der Waals surface area contributed by atoms with E-state index in [0.717, 1.165) is 12.1 Å². The molecule has 23 heavy (non-hydrogen) atoms. The highest BCUT2D eigenvalue weighted by Gasteiger charge is 2.33. The first-order chi connectivity index (χ1) is 10.7. The standard InChI is InChI=1S/C12H10ClF3N4O3/c1-5-19-20-11(22-5)18-10(21)6-3-4-7(23-12(14,15)16)9(17-2)8(6)13/h3-4,17H,1-2H3,(H,18,20,21). The lowest BCUT2D eigenvalue weighted by Gasteiger charge is -2.15. The molecule has 1 amide bonds. The summed E-state index contributed by atoms with van der Waals surface area (Å²) in [5.41, 5.74) is -0.278. The number of aromatic nitrogens is 2. The van der Waals surface area contributed by atoms with Crippen molar-refractivity contribution in [2.24, 2.45) is 0 Å². The summed E-state index contributed by atoms with van der Waals surface area (Å²) in [6, 6.07) is 1.90. The van der Waals surface area contributed by atoms with Crippen molar-refractivity contribution >= 4 is 29.2 Å². The molecule has 0 saturated carbocycles. The van der Waals surface area contributed by atoms with E-state index in [-0.39, 0.29) is 28.2 Å². The van der Waals surface area contributed by atoms with E-state index in [1.807, 2.05) is 0 Å². The summed E-state index contributed by atoms with van der Waals surface area (Å²) in [6.07, 6.45) is -4.89. The molecule has 0 aliphatic rings. The number of aryl methyl sites for hydroxylation is 1. The highest BCUT2D eigenvalue weighted by atomic mass is 35.5. The van der Waals surface area contributed by atoms with Crippen molar-refractivity contribution in [3.63, 3.8) is 0 Å². The third kappa shape index (κ3) is 4.03. The largest absolute Gasteiger partial charge is 0.573 e. The maximum absolute atomic E-state index is 12.3. The van der Waals surface area contributed by atoms with Crippen molar-refractivity contribution in [1.82, 2.24) is 10.2 Å². The maximum Gasteiger partial charge on any atom is 0.573 e. The Bertz CT molecular complexity index is 733. The summed E-state index contributed by atoms with van der Waals surface area (Å²) in [5.74, 6) is -1.06. The molecule has 0 atom stereocenters. The summed E-state index contributed by atoms with van der Waals surface area (Å²) < 4.78 is 45.8. The minimum absolute atomic E-state index is 0.0959. The van der Waals surface area contributed by atoms with Gasteiger partial charge >= 0.3 is 12.4 Å². The average molecular weight is 351 g/mol. The molecule has 0 fully saturated rings. The minimum Gasteiger partial charge on any atom is -0.408 e. The second kappa shape index (κ2) is 6.32. The molecule has 124 valence electrons. The second-order valence-electron chi connectivity index (χ2n) is 4.18. The van der Waals surface area contributed by atoms with Crippen molar-refractivity contribution < 1.29 is 27.1 Å². The van der Waals surface area contributed by atoms with Gasteiger partial charge in [0, 0.05) is 14.0 Å². The van der Waals surface area contributed by atoms with Crippen LogP contribution in [0.1, 0.15) is 16.2 Å². The number of nitrogens with one attached hydrogen (secondary N) is 2. The van der Waals surface area contributed by atoms with Crippen molar-refractivity contribution in [1.29, 1.82) is 0 Å². The van der Waals surface area contributed by atoms with Gasteiger partial charge in [-0.3, -0.25) is 10.1 Å². The topological polar surface area (TPSA) is 89.3 Å². The number of alkyl halides is 3. The van der Waals surface area contributed by atoms with E-state index in [1.54, 1.807) is 0 Å². The van der Waals surface area contributed by atoms with Gasteiger partial charge in [0.2, 0.25) is 5.89 Å². The zero-order valence-corrected chi connectivity index (χ0v) is 12.5. The molecule has 11 heteroatoms. The number of carbonyl (C=O) groups is 1. The molecule has 1 aromatic carbocycles. The first-order valence-electron chi connectivity index (χ1n) is 6.08. The van der Waals surface area contributed by atoms with E-state index < -0.39 is 18.0 Å². The molecule has 2 N–H and O–H groups in total. The number of nitrogens with zero attached hydrogens (tertiary/aromatic N) is 2. The van der Waals surface area contributed by atoms with Gasteiger partial charge in [-0.05, 0) is 12.1 Å². The predicted molar refractivity (Wildman–Crippen MR) is 74.7 cm³/mol. The molecule has 2 rings (SSSR count). The Kier molecular flexibility index (Phi) is 4.64. The van der Waals surface area contributed by atoms with Gasteiger partial charge < -0.3 is 14.5 Å². The SMILES string of the molecule is CNc1c(OC(F)(F)F)ccc(C(=O)Nc2nnc(C)o2)c1Cl. The van der Waals surface area contributed by atoms with E-state index in [9.17, 15) is 18.0 Å². The first-order valence-corrected chi connectivity index (χ1v) is 6.46. The van der Waals surface area contributed by atoms with Crippen LogP contribution in [0.5, 0.6) is 5.75 Å². The molecule has 2 aromatic rings. The van der Waals surface area contributed by atoms with Crippen LogP contribution in [0.3, 0.4) is 0 Å². The number of ether oxygens (including phenoxy) is 1. The third-order valence-electron chi connectivity index (χ3n) is 2.57. The van der Waals surface area contributed by atoms with Gasteiger partial charge in [-0.15, -0.1) is 18.3 Å². The number of hydrogen-bond donors (Lipinski definition) is 2. The Hall–Kier alpha value is -2.49. The van der Waals surface area contributed by atoms with Gasteiger partial charge in [-0.25, -0.2) is 0 Å².